The summed E-state index contributed by atoms with van der Waals surface area (Å²) in [6.07, 6.45) is -0.117. The van der Waals surface area contributed by atoms with Crippen molar-refractivity contribution in [3.8, 4) is 0 Å². The first-order valence-electron chi connectivity index (χ1n) is 7.27. The highest BCUT2D eigenvalue weighted by Crippen LogP contribution is 2.30. The number of carboxylic acid groups (broad SMARTS) is 1. The number of halogens is 1. The average molecular weight is 346 g/mol. The Balaban J connectivity index is 0.00000208. The molecule has 1 unspecified atom stereocenters. The van der Waals surface area contributed by atoms with Crippen LogP contribution < -0.4 is 5.73 Å². The summed E-state index contributed by atoms with van der Waals surface area (Å²) in [6.45, 7) is 0.157. The van der Waals surface area contributed by atoms with Gasteiger partial charge in [-0.3, -0.25) is 14.4 Å². The maximum atomic E-state index is 12.6. The van der Waals surface area contributed by atoms with Crippen LogP contribution in [0.25, 0.3) is 0 Å². The Kier molecular flexibility index (Phi) is 5.17. The number of carboxylic acids is 1. The zero-order chi connectivity index (χ0) is 16.6. The molecule has 0 aliphatic heterocycles. The Morgan fingerprint density at radius 2 is 1.50 bits per heavy atom. The molecule has 1 aliphatic rings. The Bertz CT molecular complexity index is 832. The smallest absolute Gasteiger partial charge is 0.304 e. The number of nitrogens with two attached hydrogens (primary N) is 1. The Morgan fingerprint density at radius 1 is 0.958 bits per heavy atom. The molecule has 2 aromatic carbocycles. The lowest BCUT2D eigenvalue weighted by Crippen LogP contribution is -2.22. The SMILES string of the molecule is Cl.NCC(CC(=O)O)c1ccc2c(c1)C(=O)c1ccccc1C2=O. The van der Waals surface area contributed by atoms with Crippen LogP contribution in [0.15, 0.2) is 42.5 Å². The molecule has 124 valence electrons. The van der Waals surface area contributed by atoms with E-state index in [9.17, 15) is 14.4 Å². The number of hydrogen-bond donors (Lipinski definition) is 2. The van der Waals surface area contributed by atoms with Gasteiger partial charge in [-0.05, 0) is 18.2 Å². The highest BCUT2D eigenvalue weighted by Gasteiger charge is 2.30. The lowest BCUT2D eigenvalue weighted by Gasteiger charge is -2.20. The molecule has 3 N–H and O–H groups in total. The quantitative estimate of drug-likeness (QED) is 0.756. The number of carbonyl (C=O) groups excluding carboxylic acids is 2. The maximum Gasteiger partial charge on any atom is 0.304 e. The lowest BCUT2D eigenvalue weighted by molar-refractivity contribution is -0.137. The summed E-state index contributed by atoms with van der Waals surface area (Å²) < 4.78 is 0. The minimum atomic E-state index is -0.953. The summed E-state index contributed by atoms with van der Waals surface area (Å²) >= 11 is 0. The summed E-state index contributed by atoms with van der Waals surface area (Å²) in [5, 5.41) is 8.96. The fourth-order valence-corrected chi connectivity index (χ4v) is 2.92. The highest BCUT2D eigenvalue weighted by molar-refractivity contribution is 6.28. The average Bonchev–Trinajstić information content (AvgIpc) is 2.57. The van der Waals surface area contributed by atoms with Crippen molar-refractivity contribution < 1.29 is 19.5 Å². The van der Waals surface area contributed by atoms with Crippen LogP contribution in [0.2, 0.25) is 0 Å². The molecule has 5 nitrogen and oxygen atoms in total. The number of aliphatic carboxylic acids is 1. The number of benzene rings is 2. The van der Waals surface area contributed by atoms with Crippen LogP contribution in [0.4, 0.5) is 0 Å². The topological polar surface area (TPSA) is 97.5 Å². The van der Waals surface area contributed by atoms with E-state index < -0.39 is 11.9 Å². The highest BCUT2D eigenvalue weighted by atomic mass is 35.5. The van der Waals surface area contributed by atoms with Gasteiger partial charge in [0.05, 0.1) is 6.42 Å². The molecule has 0 saturated heterocycles. The molecular formula is C18H16ClNO4. The molecule has 0 bridgehead atoms. The number of fused-ring (bicyclic) bond motifs is 2. The first-order valence-corrected chi connectivity index (χ1v) is 7.27. The van der Waals surface area contributed by atoms with Gasteiger partial charge in [-0.2, -0.15) is 0 Å². The van der Waals surface area contributed by atoms with Gasteiger partial charge in [0.25, 0.3) is 0 Å². The van der Waals surface area contributed by atoms with Gasteiger partial charge < -0.3 is 10.8 Å². The largest absolute Gasteiger partial charge is 0.481 e. The Hall–Kier alpha value is -2.50. The van der Waals surface area contributed by atoms with Crippen LogP contribution in [0.1, 0.15) is 49.7 Å². The van der Waals surface area contributed by atoms with Gasteiger partial charge >= 0.3 is 5.97 Å². The minimum absolute atomic E-state index is 0. The van der Waals surface area contributed by atoms with E-state index in [-0.39, 0.29) is 36.9 Å². The zero-order valence-electron chi connectivity index (χ0n) is 12.7. The molecule has 24 heavy (non-hydrogen) atoms. The lowest BCUT2D eigenvalue weighted by atomic mass is 9.82. The predicted octanol–water partition coefficient (Wildman–Crippen LogP) is 2.40. The van der Waals surface area contributed by atoms with Crippen molar-refractivity contribution in [2.75, 3.05) is 6.54 Å². The van der Waals surface area contributed by atoms with E-state index >= 15 is 0 Å². The third kappa shape index (κ3) is 2.96. The van der Waals surface area contributed by atoms with Crippen LogP contribution in [-0.4, -0.2) is 29.2 Å². The number of hydrogen-bond acceptors (Lipinski definition) is 4. The van der Waals surface area contributed by atoms with Gasteiger partial charge in [0.15, 0.2) is 11.6 Å². The van der Waals surface area contributed by atoms with E-state index in [2.05, 4.69) is 0 Å². The van der Waals surface area contributed by atoms with Gasteiger partial charge in [0, 0.05) is 28.2 Å². The summed E-state index contributed by atoms with van der Waals surface area (Å²) in [7, 11) is 0. The fraction of sp³-hybridized carbons (Fsp3) is 0.167. The molecule has 2 aromatic rings. The molecule has 0 saturated carbocycles. The third-order valence-corrected chi connectivity index (χ3v) is 4.13. The maximum absolute atomic E-state index is 12.6. The Morgan fingerprint density at radius 3 is 2.04 bits per heavy atom. The first kappa shape index (κ1) is 17.8. The van der Waals surface area contributed by atoms with Crippen molar-refractivity contribution >= 4 is 29.9 Å². The molecule has 0 heterocycles. The molecule has 0 spiro atoms. The second-order valence-electron chi connectivity index (χ2n) is 5.54. The van der Waals surface area contributed by atoms with Crippen molar-refractivity contribution in [2.45, 2.75) is 12.3 Å². The van der Waals surface area contributed by atoms with Crippen LogP contribution >= 0.6 is 12.4 Å². The zero-order valence-corrected chi connectivity index (χ0v) is 13.5. The third-order valence-electron chi connectivity index (χ3n) is 4.13. The van der Waals surface area contributed by atoms with E-state index in [0.29, 0.717) is 27.8 Å². The number of carbonyl (C=O) groups is 3. The second kappa shape index (κ2) is 6.95. The van der Waals surface area contributed by atoms with E-state index in [1.165, 1.54) is 0 Å². The molecule has 0 radical (unpaired) electrons. The van der Waals surface area contributed by atoms with E-state index in [0.717, 1.165) is 0 Å². The molecular weight excluding hydrogens is 330 g/mol. The van der Waals surface area contributed by atoms with Gasteiger partial charge in [-0.15, -0.1) is 12.4 Å². The summed E-state index contributed by atoms with van der Waals surface area (Å²) in [4.78, 5) is 36.1. The standard InChI is InChI=1S/C18H15NO4.ClH/c19-9-11(8-16(20)21)10-5-6-14-15(7-10)18(23)13-4-2-1-3-12(13)17(14)22;/h1-7,11H,8-9,19H2,(H,20,21);1H. The van der Waals surface area contributed by atoms with Crippen LogP contribution in [-0.2, 0) is 4.79 Å². The summed E-state index contributed by atoms with van der Waals surface area (Å²) in [6, 6.07) is 11.6. The predicted molar refractivity (Wildman–Crippen MR) is 91.0 cm³/mol. The molecule has 6 heteroatoms. The molecule has 1 atom stereocenters. The minimum Gasteiger partial charge on any atom is -0.481 e. The normalized spacial score (nSPS) is 13.5. The van der Waals surface area contributed by atoms with Crippen molar-refractivity contribution in [2.24, 2.45) is 5.73 Å². The van der Waals surface area contributed by atoms with Gasteiger partial charge in [-0.1, -0.05) is 36.4 Å². The second-order valence-corrected chi connectivity index (χ2v) is 5.54. The fourth-order valence-electron chi connectivity index (χ4n) is 2.92. The summed E-state index contributed by atoms with van der Waals surface area (Å²) in [5.74, 6) is -1.75. The Labute approximate surface area is 144 Å². The van der Waals surface area contributed by atoms with Crippen molar-refractivity contribution in [3.05, 3.63) is 70.3 Å². The van der Waals surface area contributed by atoms with Gasteiger partial charge in [0.2, 0.25) is 0 Å². The molecule has 0 amide bonds. The van der Waals surface area contributed by atoms with Gasteiger partial charge in [-0.25, -0.2) is 0 Å². The van der Waals surface area contributed by atoms with Gasteiger partial charge in [0.1, 0.15) is 0 Å². The molecule has 0 aromatic heterocycles. The van der Waals surface area contributed by atoms with Crippen LogP contribution in [0.5, 0.6) is 0 Å². The number of ketones is 2. The van der Waals surface area contributed by atoms with E-state index in [4.69, 9.17) is 10.8 Å². The van der Waals surface area contributed by atoms with Crippen LogP contribution in [0, 0.1) is 0 Å². The van der Waals surface area contributed by atoms with Crippen molar-refractivity contribution in [1.29, 1.82) is 0 Å². The van der Waals surface area contributed by atoms with Crippen LogP contribution in [0.3, 0.4) is 0 Å². The van der Waals surface area contributed by atoms with Crippen molar-refractivity contribution in [1.82, 2.24) is 0 Å². The first-order chi connectivity index (χ1) is 11.0. The number of rotatable bonds is 4. The van der Waals surface area contributed by atoms with Crippen molar-refractivity contribution in [3.63, 3.8) is 0 Å². The van der Waals surface area contributed by atoms with E-state index in [1.807, 2.05) is 0 Å². The molecule has 0 fully saturated rings. The summed E-state index contributed by atoms with van der Waals surface area (Å²) in [5.41, 5.74) is 7.76. The van der Waals surface area contributed by atoms with E-state index in [1.54, 1.807) is 42.5 Å². The molecule has 3 rings (SSSR count). The molecule has 1 aliphatic carbocycles. The monoisotopic (exact) mass is 345 g/mol.